The Hall–Kier alpha value is -0.500. The maximum atomic E-state index is 5.47. The van der Waals surface area contributed by atoms with Crippen molar-refractivity contribution in [2.45, 2.75) is 27.7 Å². The highest BCUT2D eigenvalue weighted by Gasteiger charge is 2.19. The minimum absolute atomic E-state index is 0.420. The average Bonchev–Trinajstić information content (AvgIpc) is 2.04. The second-order valence-electron chi connectivity index (χ2n) is 3.81. The Labute approximate surface area is 74.6 Å². The predicted octanol–water partition coefficient (Wildman–Crippen LogP) is 2.56. The molecule has 2 nitrogen and oxygen atoms in total. The van der Waals surface area contributed by atoms with Gasteiger partial charge < -0.3 is 9.47 Å². The smallest absolute Gasteiger partial charge is 0.188 e. The van der Waals surface area contributed by atoms with Gasteiger partial charge in [0.1, 0.15) is 5.76 Å². The van der Waals surface area contributed by atoms with E-state index < -0.39 is 0 Å². The third-order valence-corrected chi connectivity index (χ3v) is 2.09. The number of hydrogen-bond donors (Lipinski definition) is 0. The van der Waals surface area contributed by atoms with Crippen LogP contribution in [0.2, 0.25) is 0 Å². The summed E-state index contributed by atoms with van der Waals surface area (Å²) in [7, 11) is 0. The van der Waals surface area contributed by atoms with Crippen LogP contribution in [0.25, 0.3) is 0 Å². The molecule has 0 saturated carbocycles. The summed E-state index contributed by atoms with van der Waals surface area (Å²) < 4.78 is 10.7. The standard InChI is InChI=1S/C10H18O2/c1-7(2)9-5-11-6-12-10(9)8(3)4/h7-8H,5-6H2,1-4H3. The highest BCUT2D eigenvalue weighted by atomic mass is 16.7. The molecule has 1 aliphatic rings. The van der Waals surface area contributed by atoms with E-state index in [0.717, 1.165) is 12.4 Å². The van der Waals surface area contributed by atoms with E-state index in [1.807, 2.05) is 0 Å². The zero-order valence-corrected chi connectivity index (χ0v) is 8.39. The Morgan fingerprint density at radius 1 is 1.08 bits per heavy atom. The molecule has 0 radical (unpaired) electrons. The van der Waals surface area contributed by atoms with Crippen LogP contribution in [0.4, 0.5) is 0 Å². The van der Waals surface area contributed by atoms with Crippen LogP contribution in [0.15, 0.2) is 11.3 Å². The molecule has 0 atom stereocenters. The average molecular weight is 170 g/mol. The lowest BCUT2D eigenvalue weighted by Gasteiger charge is -2.26. The summed E-state index contributed by atoms with van der Waals surface area (Å²) in [6.07, 6.45) is 0. The van der Waals surface area contributed by atoms with Crippen molar-refractivity contribution in [2.24, 2.45) is 11.8 Å². The lowest BCUT2D eigenvalue weighted by Crippen LogP contribution is -2.19. The Morgan fingerprint density at radius 2 is 1.75 bits per heavy atom. The summed E-state index contributed by atoms with van der Waals surface area (Å²) >= 11 is 0. The van der Waals surface area contributed by atoms with Gasteiger partial charge in [0, 0.05) is 5.92 Å². The summed E-state index contributed by atoms with van der Waals surface area (Å²) in [6, 6.07) is 0. The molecule has 2 heteroatoms. The largest absolute Gasteiger partial charge is 0.472 e. The molecule has 0 bridgehead atoms. The Kier molecular flexibility index (Phi) is 3.15. The first-order chi connectivity index (χ1) is 5.63. The first-order valence-corrected chi connectivity index (χ1v) is 4.56. The van der Waals surface area contributed by atoms with Crippen molar-refractivity contribution >= 4 is 0 Å². The molecule has 0 aliphatic carbocycles. The monoisotopic (exact) mass is 170 g/mol. The second kappa shape index (κ2) is 3.94. The lowest BCUT2D eigenvalue weighted by atomic mass is 9.97. The summed E-state index contributed by atoms with van der Waals surface area (Å²) in [4.78, 5) is 0. The Bertz CT molecular complexity index is 160. The lowest BCUT2D eigenvalue weighted by molar-refractivity contribution is -0.0477. The quantitative estimate of drug-likeness (QED) is 0.634. The van der Waals surface area contributed by atoms with Crippen molar-refractivity contribution in [2.75, 3.05) is 13.4 Å². The van der Waals surface area contributed by atoms with Crippen molar-refractivity contribution in [3.05, 3.63) is 11.3 Å². The molecule has 0 aromatic rings. The topological polar surface area (TPSA) is 18.5 Å². The first kappa shape index (κ1) is 9.59. The van der Waals surface area contributed by atoms with Crippen molar-refractivity contribution in [3.8, 4) is 0 Å². The van der Waals surface area contributed by atoms with Crippen molar-refractivity contribution < 1.29 is 9.47 Å². The van der Waals surface area contributed by atoms with Crippen LogP contribution in [0.3, 0.4) is 0 Å². The molecular formula is C10H18O2. The minimum atomic E-state index is 0.420. The molecule has 70 valence electrons. The highest BCUT2D eigenvalue weighted by molar-refractivity contribution is 5.14. The van der Waals surface area contributed by atoms with E-state index in [-0.39, 0.29) is 0 Å². The molecule has 0 unspecified atom stereocenters. The molecule has 12 heavy (non-hydrogen) atoms. The summed E-state index contributed by atoms with van der Waals surface area (Å²) in [6.45, 7) is 9.83. The van der Waals surface area contributed by atoms with Gasteiger partial charge in [0.05, 0.1) is 6.61 Å². The normalized spacial score (nSPS) is 18.8. The summed E-state index contributed by atoms with van der Waals surface area (Å²) in [5.41, 5.74) is 1.32. The molecule has 0 amide bonds. The summed E-state index contributed by atoms with van der Waals surface area (Å²) in [5, 5.41) is 0. The van der Waals surface area contributed by atoms with Crippen LogP contribution in [-0.4, -0.2) is 13.4 Å². The van der Waals surface area contributed by atoms with E-state index in [2.05, 4.69) is 27.7 Å². The van der Waals surface area contributed by atoms with Gasteiger partial charge in [-0.05, 0) is 11.5 Å². The maximum Gasteiger partial charge on any atom is 0.188 e. The van der Waals surface area contributed by atoms with Crippen LogP contribution >= 0.6 is 0 Å². The molecule has 1 heterocycles. The fourth-order valence-electron chi connectivity index (χ4n) is 1.41. The van der Waals surface area contributed by atoms with E-state index in [0.29, 0.717) is 18.6 Å². The van der Waals surface area contributed by atoms with E-state index in [4.69, 9.17) is 9.47 Å². The fraction of sp³-hybridized carbons (Fsp3) is 0.800. The number of hydrogen-bond acceptors (Lipinski definition) is 2. The van der Waals surface area contributed by atoms with Crippen LogP contribution in [-0.2, 0) is 9.47 Å². The van der Waals surface area contributed by atoms with Gasteiger partial charge >= 0.3 is 0 Å². The van der Waals surface area contributed by atoms with Crippen LogP contribution < -0.4 is 0 Å². The van der Waals surface area contributed by atoms with Crippen LogP contribution in [0.5, 0.6) is 0 Å². The molecular weight excluding hydrogens is 152 g/mol. The van der Waals surface area contributed by atoms with Gasteiger partial charge in [0.25, 0.3) is 0 Å². The van der Waals surface area contributed by atoms with Gasteiger partial charge in [0.2, 0.25) is 0 Å². The van der Waals surface area contributed by atoms with Crippen molar-refractivity contribution in [1.82, 2.24) is 0 Å². The van der Waals surface area contributed by atoms with E-state index in [1.54, 1.807) is 0 Å². The van der Waals surface area contributed by atoms with Crippen LogP contribution in [0.1, 0.15) is 27.7 Å². The molecule has 0 aromatic carbocycles. The van der Waals surface area contributed by atoms with E-state index in [1.165, 1.54) is 5.57 Å². The minimum Gasteiger partial charge on any atom is -0.472 e. The van der Waals surface area contributed by atoms with Gasteiger partial charge in [-0.25, -0.2) is 0 Å². The maximum absolute atomic E-state index is 5.47. The second-order valence-corrected chi connectivity index (χ2v) is 3.81. The first-order valence-electron chi connectivity index (χ1n) is 4.56. The van der Waals surface area contributed by atoms with E-state index >= 15 is 0 Å². The fourth-order valence-corrected chi connectivity index (χ4v) is 1.41. The van der Waals surface area contributed by atoms with Gasteiger partial charge in [-0.3, -0.25) is 0 Å². The number of allylic oxidation sites excluding steroid dienone is 1. The Morgan fingerprint density at radius 3 is 2.17 bits per heavy atom. The molecule has 0 fully saturated rings. The van der Waals surface area contributed by atoms with Gasteiger partial charge in [-0.15, -0.1) is 0 Å². The number of rotatable bonds is 2. The third kappa shape index (κ3) is 2.01. The molecule has 0 N–H and O–H groups in total. The SMILES string of the molecule is CC(C)C1=C(C(C)C)OCOC1. The Balaban J connectivity index is 2.83. The van der Waals surface area contributed by atoms with Gasteiger partial charge in [0.15, 0.2) is 6.79 Å². The summed E-state index contributed by atoms with van der Waals surface area (Å²) in [5.74, 6) is 2.14. The van der Waals surface area contributed by atoms with Crippen molar-refractivity contribution in [3.63, 3.8) is 0 Å². The molecule has 0 spiro atoms. The molecule has 0 saturated heterocycles. The van der Waals surface area contributed by atoms with Gasteiger partial charge in [-0.2, -0.15) is 0 Å². The van der Waals surface area contributed by atoms with Crippen molar-refractivity contribution in [1.29, 1.82) is 0 Å². The predicted molar refractivity (Wildman–Crippen MR) is 48.6 cm³/mol. The van der Waals surface area contributed by atoms with E-state index in [9.17, 15) is 0 Å². The number of ether oxygens (including phenoxy) is 2. The van der Waals surface area contributed by atoms with Crippen LogP contribution in [0, 0.1) is 11.8 Å². The zero-order chi connectivity index (χ0) is 9.14. The van der Waals surface area contributed by atoms with Gasteiger partial charge in [-0.1, -0.05) is 27.7 Å². The third-order valence-electron chi connectivity index (χ3n) is 2.09. The highest BCUT2D eigenvalue weighted by Crippen LogP contribution is 2.25. The molecule has 0 aromatic heterocycles. The zero-order valence-electron chi connectivity index (χ0n) is 8.39. The molecule has 1 aliphatic heterocycles. The molecule has 1 rings (SSSR count).